The van der Waals surface area contributed by atoms with Crippen LogP contribution in [0.1, 0.15) is 52.0 Å². The number of nitrogens with two attached hydrogens (primary N) is 1. The van der Waals surface area contributed by atoms with Crippen molar-refractivity contribution in [3.63, 3.8) is 0 Å². The normalized spacial score (nSPS) is 10.8. The lowest BCUT2D eigenvalue weighted by Gasteiger charge is -2.13. The maximum absolute atomic E-state index is 12.5. The van der Waals surface area contributed by atoms with Crippen molar-refractivity contribution in [2.75, 3.05) is 6.61 Å². The molecule has 5 heteroatoms. The van der Waals surface area contributed by atoms with Gasteiger partial charge in [0.25, 0.3) is 5.91 Å². The van der Waals surface area contributed by atoms with Crippen LogP contribution in [0.3, 0.4) is 0 Å². The molecule has 0 atom stereocenters. The molecule has 2 N–H and O–H groups in total. The lowest BCUT2D eigenvalue weighted by Crippen LogP contribution is -2.17. The van der Waals surface area contributed by atoms with Gasteiger partial charge in [-0.2, -0.15) is 0 Å². The van der Waals surface area contributed by atoms with Gasteiger partial charge >= 0.3 is 0 Å². The number of rotatable bonds is 6. The van der Waals surface area contributed by atoms with Gasteiger partial charge in [-0.15, -0.1) is 0 Å². The summed E-state index contributed by atoms with van der Waals surface area (Å²) in [6.07, 6.45) is 0. The third kappa shape index (κ3) is 3.44. The number of carbonyl (C=O) groups excluding carboxylic acids is 2. The van der Waals surface area contributed by atoms with Crippen LogP contribution in [0, 0.1) is 13.8 Å². The highest BCUT2D eigenvalue weighted by molar-refractivity contribution is 5.99. The van der Waals surface area contributed by atoms with Gasteiger partial charge < -0.3 is 15.0 Å². The highest BCUT2D eigenvalue weighted by Crippen LogP contribution is 2.22. The number of ketones is 1. The summed E-state index contributed by atoms with van der Waals surface area (Å²) in [4.78, 5) is 23.8. The zero-order valence-corrected chi connectivity index (χ0v) is 13.9. The Morgan fingerprint density at radius 2 is 1.83 bits per heavy atom. The average molecular weight is 314 g/mol. The lowest BCUT2D eigenvalue weighted by molar-refractivity contribution is 0.0911. The molecule has 0 aliphatic heterocycles. The Morgan fingerprint density at radius 1 is 1.17 bits per heavy atom. The molecule has 0 aliphatic carbocycles. The number of aromatic nitrogens is 1. The zero-order chi connectivity index (χ0) is 17.1. The van der Waals surface area contributed by atoms with E-state index >= 15 is 0 Å². The van der Waals surface area contributed by atoms with Crippen LogP contribution in [0.25, 0.3) is 0 Å². The number of benzene rings is 1. The first-order chi connectivity index (χ1) is 10.8. The van der Waals surface area contributed by atoms with Crippen molar-refractivity contribution in [3.05, 3.63) is 52.8 Å². The first kappa shape index (κ1) is 16.8. The van der Waals surface area contributed by atoms with Crippen molar-refractivity contribution >= 4 is 11.7 Å². The van der Waals surface area contributed by atoms with E-state index in [-0.39, 0.29) is 24.0 Å². The van der Waals surface area contributed by atoms with E-state index in [9.17, 15) is 9.59 Å². The lowest BCUT2D eigenvalue weighted by atomic mass is 10.1. The molecule has 2 aromatic rings. The van der Waals surface area contributed by atoms with E-state index in [1.807, 2.05) is 19.9 Å². The molecule has 0 saturated carbocycles. The van der Waals surface area contributed by atoms with Gasteiger partial charge in [0.2, 0.25) is 5.78 Å². The number of hydrogen-bond acceptors (Lipinski definition) is 3. The topological polar surface area (TPSA) is 74.3 Å². The van der Waals surface area contributed by atoms with E-state index in [1.165, 1.54) is 0 Å². The number of nitrogens with zero attached hydrogens (tertiary/aromatic N) is 1. The van der Waals surface area contributed by atoms with E-state index in [1.54, 1.807) is 24.3 Å². The molecule has 0 aliphatic rings. The molecule has 0 saturated heterocycles. The summed E-state index contributed by atoms with van der Waals surface area (Å²) in [5, 5.41) is 0. The molecular weight excluding hydrogens is 292 g/mol. The minimum Gasteiger partial charge on any atom is -0.485 e. The number of hydrogen-bond donors (Lipinski definition) is 1. The summed E-state index contributed by atoms with van der Waals surface area (Å²) in [6.45, 7) is 7.93. The molecule has 1 aromatic heterocycles. The number of primary amides is 1. The van der Waals surface area contributed by atoms with E-state index in [4.69, 9.17) is 10.5 Å². The summed E-state index contributed by atoms with van der Waals surface area (Å²) in [5.74, 6) is -0.374. The van der Waals surface area contributed by atoms with Crippen molar-refractivity contribution in [1.29, 1.82) is 0 Å². The number of ether oxygens (including phenoxy) is 1. The van der Waals surface area contributed by atoms with Crippen LogP contribution in [0.15, 0.2) is 30.3 Å². The van der Waals surface area contributed by atoms with Gasteiger partial charge in [0.1, 0.15) is 5.75 Å². The van der Waals surface area contributed by atoms with Crippen LogP contribution >= 0.6 is 0 Å². The van der Waals surface area contributed by atoms with Gasteiger partial charge in [0.05, 0.1) is 5.56 Å². The molecule has 0 bridgehead atoms. The van der Waals surface area contributed by atoms with Gasteiger partial charge in [-0.05, 0) is 45.9 Å². The first-order valence-electron chi connectivity index (χ1n) is 7.56. The fourth-order valence-electron chi connectivity index (χ4n) is 2.87. The monoisotopic (exact) mass is 314 g/mol. The van der Waals surface area contributed by atoms with Crippen LogP contribution < -0.4 is 10.5 Å². The summed E-state index contributed by atoms with van der Waals surface area (Å²) in [7, 11) is 0. The van der Waals surface area contributed by atoms with Crippen LogP contribution in [0.4, 0.5) is 0 Å². The largest absolute Gasteiger partial charge is 0.485 e. The quantitative estimate of drug-likeness (QED) is 0.833. The number of para-hydroxylation sites is 1. The van der Waals surface area contributed by atoms with Crippen LogP contribution in [0.2, 0.25) is 0 Å². The average Bonchev–Trinajstić information content (AvgIpc) is 2.80. The predicted octanol–water partition coefficient (Wildman–Crippen LogP) is 3.05. The molecule has 0 radical (unpaired) electrons. The molecule has 122 valence electrons. The van der Waals surface area contributed by atoms with Crippen LogP contribution in [0.5, 0.6) is 5.75 Å². The minimum absolute atomic E-state index is 0.121. The molecule has 5 nitrogen and oxygen atoms in total. The number of Topliss-reactive ketones (excluding diaryl/α,β-unsaturated/α-hetero) is 1. The van der Waals surface area contributed by atoms with Gasteiger partial charge in [0, 0.05) is 23.0 Å². The summed E-state index contributed by atoms with van der Waals surface area (Å²) < 4.78 is 7.64. The van der Waals surface area contributed by atoms with Gasteiger partial charge in [0.15, 0.2) is 6.61 Å². The molecule has 0 fully saturated rings. The fourth-order valence-corrected chi connectivity index (χ4v) is 2.87. The fraction of sp³-hybridized carbons (Fsp3) is 0.333. The summed E-state index contributed by atoms with van der Waals surface area (Å²) in [6, 6.07) is 8.80. The van der Waals surface area contributed by atoms with Gasteiger partial charge in [-0.3, -0.25) is 9.59 Å². The molecule has 0 spiro atoms. The Labute approximate surface area is 136 Å². The second kappa shape index (κ2) is 6.69. The van der Waals surface area contributed by atoms with Crippen LogP contribution in [-0.2, 0) is 0 Å². The SMILES string of the molecule is Cc1cc(C(=O)COc2ccccc2C(N)=O)c(C)n1C(C)C. The molecule has 23 heavy (non-hydrogen) atoms. The second-order valence-electron chi connectivity index (χ2n) is 5.82. The second-order valence-corrected chi connectivity index (χ2v) is 5.82. The molecular formula is C18H22N2O3. The molecule has 1 heterocycles. The van der Waals surface area contributed by atoms with E-state index in [0.29, 0.717) is 11.3 Å². The zero-order valence-electron chi connectivity index (χ0n) is 13.9. The third-order valence-corrected chi connectivity index (χ3v) is 3.81. The number of carbonyl (C=O) groups is 2. The Morgan fingerprint density at radius 3 is 2.39 bits per heavy atom. The van der Waals surface area contributed by atoms with Crippen molar-refractivity contribution in [2.45, 2.75) is 33.7 Å². The maximum atomic E-state index is 12.5. The molecule has 2 rings (SSSR count). The Balaban J connectivity index is 2.18. The Kier molecular flexibility index (Phi) is 4.89. The number of aryl methyl sites for hydroxylation is 1. The van der Waals surface area contributed by atoms with Gasteiger partial charge in [-0.25, -0.2) is 0 Å². The predicted molar refractivity (Wildman–Crippen MR) is 89.1 cm³/mol. The maximum Gasteiger partial charge on any atom is 0.252 e. The molecule has 1 amide bonds. The van der Waals surface area contributed by atoms with Crippen molar-refractivity contribution < 1.29 is 14.3 Å². The van der Waals surface area contributed by atoms with E-state index in [2.05, 4.69) is 18.4 Å². The Hall–Kier alpha value is -2.56. The third-order valence-electron chi connectivity index (χ3n) is 3.81. The van der Waals surface area contributed by atoms with Crippen LogP contribution in [-0.4, -0.2) is 22.9 Å². The van der Waals surface area contributed by atoms with Gasteiger partial charge in [-0.1, -0.05) is 12.1 Å². The smallest absolute Gasteiger partial charge is 0.252 e. The van der Waals surface area contributed by atoms with E-state index < -0.39 is 5.91 Å². The van der Waals surface area contributed by atoms with Crippen molar-refractivity contribution in [1.82, 2.24) is 4.57 Å². The first-order valence-corrected chi connectivity index (χ1v) is 7.56. The summed E-state index contributed by atoms with van der Waals surface area (Å²) >= 11 is 0. The standard InChI is InChI=1S/C18H22N2O3/c1-11(2)20-12(3)9-15(13(20)4)16(21)10-23-17-8-6-5-7-14(17)18(19)22/h5-9,11H,10H2,1-4H3,(H2,19,22). The van der Waals surface area contributed by atoms with Crippen molar-refractivity contribution in [2.24, 2.45) is 5.73 Å². The highest BCUT2D eigenvalue weighted by atomic mass is 16.5. The van der Waals surface area contributed by atoms with Crippen molar-refractivity contribution in [3.8, 4) is 5.75 Å². The highest BCUT2D eigenvalue weighted by Gasteiger charge is 2.18. The van der Waals surface area contributed by atoms with E-state index in [0.717, 1.165) is 11.4 Å². The summed E-state index contributed by atoms with van der Waals surface area (Å²) in [5.41, 5.74) is 8.19. The molecule has 1 aromatic carbocycles. The number of amides is 1. The Bertz CT molecular complexity index is 745. The minimum atomic E-state index is -0.578. The molecule has 0 unspecified atom stereocenters.